The zero-order valence-electron chi connectivity index (χ0n) is 11.4. The lowest BCUT2D eigenvalue weighted by atomic mass is 10.1. The molecule has 4 nitrogen and oxygen atoms in total. The zero-order chi connectivity index (χ0) is 14.0. The van der Waals surface area contributed by atoms with Crippen LogP contribution in [0.4, 0.5) is 0 Å². The molecule has 0 aliphatic carbocycles. The largest absolute Gasteiger partial charge is 0.481 e. The molecule has 1 aromatic carbocycles. The smallest absolute Gasteiger partial charge is 0.313 e. The molecule has 2 rings (SSSR count). The highest BCUT2D eigenvalue weighted by Crippen LogP contribution is 2.27. The summed E-state index contributed by atoms with van der Waals surface area (Å²) in [6.07, 6.45) is 0. The molecule has 1 N–H and O–H groups in total. The van der Waals surface area contributed by atoms with Crippen LogP contribution < -0.4 is 0 Å². The van der Waals surface area contributed by atoms with Crippen LogP contribution in [0.25, 0.3) is 11.0 Å². The topological polar surface area (TPSA) is 55.1 Å². The molecule has 0 spiro atoms. The van der Waals surface area contributed by atoms with E-state index < -0.39 is 5.97 Å². The second-order valence-electron chi connectivity index (χ2n) is 5.41. The zero-order valence-corrected chi connectivity index (χ0v) is 12.2. The van der Waals surface area contributed by atoms with E-state index in [-0.39, 0.29) is 11.3 Å². The van der Waals surface area contributed by atoms with Gasteiger partial charge in [0.15, 0.2) is 0 Å². The van der Waals surface area contributed by atoms with Crippen LogP contribution in [-0.2, 0) is 16.1 Å². The highest BCUT2D eigenvalue weighted by molar-refractivity contribution is 7.99. The summed E-state index contributed by atoms with van der Waals surface area (Å²) in [6.45, 7) is 6.39. The van der Waals surface area contributed by atoms with Gasteiger partial charge < -0.3 is 9.67 Å². The number of aromatic nitrogens is 2. The summed E-state index contributed by atoms with van der Waals surface area (Å²) >= 11 is 1.38. The number of hydrogen-bond acceptors (Lipinski definition) is 3. The summed E-state index contributed by atoms with van der Waals surface area (Å²) in [5, 5.41) is 8.71. The maximum Gasteiger partial charge on any atom is 0.313 e. The van der Waals surface area contributed by atoms with Gasteiger partial charge >= 0.3 is 5.97 Å². The lowest BCUT2D eigenvalue weighted by molar-refractivity contribution is -0.133. The van der Waals surface area contributed by atoms with Crippen molar-refractivity contribution in [3.8, 4) is 0 Å². The van der Waals surface area contributed by atoms with Crippen LogP contribution in [-0.4, -0.2) is 26.4 Å². The molecule has 2 aromatic rings. The van der Waals surface area contributed by atoms with Crippen molar-refractivity contribution in [1.82, 2.24) is 9.55 Å². The van der Waals surface area contributed by atoms with E-state index in [0.717, 1.165) is 16.9 Å². The molecule has 0 aliphatic heterocycles. The highest BCUT2D eigenvalue weighted by atomic mass is 32.2. The Kier molecular flexibility index (Phi) is 3.85. The van der Waals surface area contributed by atoms with Gasteiger partial charge in [-0.2, -0.15) is 0 Å². The first-order valence-corrected chi connectivity index (χ1v) is 7.31. The molecular weight excluding hydrogens is 260 g/mol. The average Bonchev–Trinajstić information content (AvgIpc) is 2.66. The molecule has 0 aliphatic rings. The Hall–Kier alpha value is -1.49. The molecule has 0 radical (unpaired) electrons. The number of benzene rings is 1. The Morgan fingerprint density at radius 1 is 1.37 bits per heavy atom. The van der Waals surface area contributed by atoms with Crippen LogP contribution in [0.1, 0.15) is 26.6 Å². The maximum atomic E-state index is 10.6. The van der Waals surface area contributed by atoms with E-state index in [4.69, 9.17) is 5.11 Å². The Bertz CT molecular complexity index is 599. The van der Waals surface area contributed by atoms with Gasteiger partial charge in [0.25, 0.3) is 0 Å². The van der Waals surface area contributed by atoms with Gasteiger partial charge in [-0.05, 0) is 32.9 Å². The monoisotopic (exact) mass is 278 g/mol. The van der Waals surface area contributed by atoms with E-state index in [1.54, 1.807) is 0 Å². The third-order valence-electron chi connectivity index (χ3n) is 2.76. The van der Waals surface area contributed by atoms with Gasteiger partial charge in [0, 0.05) is 5.54 Å². The molecule has 102 valence electrons. The second-order valence-corrected chi connectivity index (χ2v) is 6.40. The minimum Gasteiger partial charge on any atom is -0.481 e. The SMILES string of the molecule is CC(C)(C)n1c(CSCC(=O)O)nc2ccccc21. The summed E-state index contributed by atoms with van der Waals surface area (Å²) in [5.74, 6) is 0.856. The van der Waals surface area contributed by atoms with Crippen molar-refractivity contribution < 1.29 is 9.90 Å². The number of thioether (sulfide) groups is 1. The van der Waals surface area contributed by atoms with Crippen LogP contribution in [0.15, 0.2) is 24.3 Å². The summed E-state index contributed by atoms with van der Waals surface area (Å²) in [5.41, 5.74) is 1.99. The minimum atomic E-state index is -0.789. The van der Waals surface area contributed by atoms with Crippen molar-refractivity contribution in [3.05, 3.63) is 30.1 Å². The fraction of sp³-hybridized carbons (Fsp3) is 0.429. The maximum absolute atomic E-state index is 10.6. The molecule has 0 amide bonds. The van der Waals surface area contributed by atoms with Crippen molar-refractivity contribution in [3.63, 3.8) is 0 Å². The van der Waals surface area contributed by atoms with Crippen LogP contribution in [0.2, 0.25) is 0 Å². The quantitative estimate of drug-likeness (QED) is 0.933. The molecule has 5 heteroatoms. The molecule has 1 heterocycles. The Balaban J connectivity index is 2.39. The number of rotatable bonds is 4. The molecule has 0 saturated heterocycles. The second kappa shape index (κ2) is 5.25. The normalized spacial score (nSPS) is 11.9. The third-order valence-corrected chi connectivity index (χ3v) is 3.67. The van der Waals surface area contributed by atoms with E-state index in [9.17, 15) is 4.79 Å². The van der Waals surface area contributed by atoms with Gasteiger partial charge in [-0.3, -0.25) is 4.79 Å². The van der Waals surface area contributed by atoms with Crippen LogP contribution >= 0.6 is 11.8 Å². The van der Waals surface area contributed by atoms with Gasteiger partial charge in [-0.1, -0.05) is 12.1 Å². The number of nitrogens with zero attached hydrogens (tertiary/aromatic N) is 2. The minimum absolute atomic E-state index is 0.0742. The fourth-order valence-corrected chi connectivity index (χ4v) is 2.80. The molecular formula is C14H18N2O2S. The molecule has 0 fully saturated rings. The van der Waals surface area contributed by atoms with Crippen molar-refractivity contribution >= 4 is 28.8 Å². The van der Waals surface area contributed by atoms with E-state index in [1.807, 2.05) is 18.2 Å². The number of carboxylic acids is 1. The summed E-state index contributed by atoms with van der Waals surface area (Å²) in [7, 11) is 0. The van der Waals surface area contributed by atoms with Gasteiger partial charge in [-0.15, -0.1) is 11.8 Å². The van der Waals surface area contributed by atoms with Gasteiger partial charge in [0.2, 0.25) is 0 Å². The molecule has 1 aromatic heterocycles. The number of aliphatic carboxylic acids is 1. The van der Waals surface area contributed by atoms with Crippen molar-refractivity contribution in [2.45, 2.75) is 32.1 Å². The first kappa shape index (κ1) is 13.9. The van der Waals surface area contributed by atoms with Gasteiger partial charge in [0.05, 0.1) is 22.5 Å². The molecule has 0 saturated carbocycles. The van der Waals surface area contributed by atoms with Crippen molar-refractivity contribution in [2.24, 2.45) is 0 Å². The number of imidazole rings is 1. The van der Waals surface area contributed by atoms with Crippen molar-refractivity contribution in [1.29, 1.82) is 0 Å². The third kappa shape index (κ3) is 3.10. The van der Waals surface area contributed by atoms with Gasteiger partial charge in [0.1, 0.15) is 5.82 Å². The Morgan fingerprint density at radius 2 is 2.05 bits per heavy atom. The lowest BCUT2D eigenvalue weighted by Gasteiger charge is -2.24. The van der Waals surface area contributed by atoms with Crippen molar-refractivity contribution in [2.75, 3.05) is 5.75 Å². The van der Waals surface area contributed by atoms with E-state index in [2.05, 4.69) is 36.4 Å². The highest BCUT2D eigenvalue weighted by Gasteiger charge is 2.21. The Labute approximate surface area is 116 Å². The van der Waals surface area contributed by atoms with Crippen LogP contribution in [0, 0.1) is 0 Å². The first-order chi connectivity index (χ1) is 8.89. The number of carboxylic acid groups (broad SMARTS) is 1. The summed E-state index contributed by atoms with van der Waals surface area (Å²) < 4.78 is 2.19. The van der Waals surface area contributed by atoms with Crippen LogP contribution in [0.3, 0.4) is 0 Å². The first-order valence-electron chi connectivity index (χ1n) is 6.16. The summed E-state index contributed by atoms with van der Waals surface area (Å²) in [4.78, 5) is 15.2. The molecule has 0 atom stereocenters. The standard InChI is InChI=1S/C14H18N2O2S/c1-14(2,3)16-11-7-5-4-6-10(11)15-12(16)8-19-9-13(17)18/h4-7H,8-9H2,1-3H3,(H,17,18). The lowest BCUT2D eigenvalue weighted by Crippen LogP contribution is -2.23. The van der Waals surface area contributed by atoms with Gasteiger partial charge in [-0.25, -0.2) is 4.98 Å². The fourth-order valence-electron chi connectivity index (χ4n) is 2.15. The molecule has 0 bridgehead atoms. The van der Waals surface area contributed by atoms with Crippen LogP contribution in [0.5, 0.6) is 0 Å². The van der Waals surface area contributed by atoms with E-state index in [0.29, 0.717) is 5.75 Å². The Morgan fingerprint density at radius 3 is 2.68 bits per heavy atom. The molecule has 0 unspecified atom stereocenters. The number of para-hydroxylation sites is 2. The number of fused-ring (bicyclic) bond motifs is 1. The predicted octanol–water partition coefficient (Wildman–Crippen LogP) is 3.11. The van der Waals surface area contributed by atoms with E-state index >= 15 is 0 Å². The average molecular weight is 278 g/mol. The predicted molar refractivity (Wildman–Crippen MR) is 78.5 cm³/mol. The number of hydrogen-bond donors (Lipinski definition) is 1. The summed E-state index contributed by atoms with van der Waals surface area (Å²) in [6, 6.07) is 8.01. The number of carbonyl (C=O) groups is 1. The molecule has 19 heavy (non-hydrogen) atoms. The van der Waals surface area contributed by atoms with E-state index in [1.165, 1.54) is 11.8 Å².